The Hall–Kier alpha value is -0.0400. The molecule has 2 saturated heterocycles. The summed E-state index contributed by atoms with van der Waals surface area (Å²) in [7, 11) is 0. The zero-order chi connectivity index (χ0) is 10.7. The van der Waals surface area contributed by atoms with Gasteiger partial charge < -0.3 is 0 Å². The Kier molecular flexibility index (Phi) is 4.43. The van der Waals surface area contributed by atoms with Gasteiger partial charge in [-0.2, -0.15) is 0 Å². The van der Waals surface area contributed by atoms with Gasteiger partial charge in [-0.25, -0.2) is 0 Å². The predicted molar refractivity (Wildman–Crippen MR) is 63.5 cm³/mol. The Balaban J connectivity index is 0.000000461. The summed E-state index contributed by atoms with van der Waals surface area (Å²) in [6.45, 7) is 12.4. The lowest BCUT2D eigenvalue weighted by atomic mass is 9.69. The van der Waals surface area contributed by atoms with E-state index in [2.05, 4.69) is 25.7 Å². The molecule has 1 saturated carbocycles. The number of piperidine rings is 2. The first-order valence-electron chi connectivity index (χ1n) is 6.49. The number of hydrogen-bond acceptors (Lipinski definition) is 1. The highest BCUT2D eigenvalue weighted by atomic mass is 15.2. The lowest BCUT2D eigenvalue weighted by Crippen LogP contribution is -2.56. The molecule has 1 heteroatoms. The molecule has 1 nitrogen and oxygen atoms in total. The average Bonchev–Trinajstić information content (AvgIpc) is 2.21. The molecule has 0 aromatic rings. The Morgan fingerprint density at radius 2 is 1.79 bits per heavy atom. The maximum absolute atomic E-state index is 2.72. The minimum Gasteiger partial charge on any atom is -0.298 e. The molecule has 2 aliphatic heterocycles. The van der Waals surface area contributed by atoms with Crippen LogP contribution < -0.4 is 0 Å². The van der Waals surface area contributed by atoms with E-state index in [1.807, 2.05) is 13.8 Å². The Bertz CT molecular complexity index is 163. The molecule has 4 unspecified atom stereocenters. The molecule has 0 amide bonds. The van der Waals surface area contributed by atoms with Crippen molar-refractivity contribution in [2.75, 3.05) is 6.54 Å². The topological polar surface area (TPSA) is 3.24 Å². The summed E-state index contributed by atoms with van der Waals surface area (Å²) in [6.07, 6.45) is 4.42. The normalized spacial score (nSPS) is 41.8. The van der Waals surface area contributed by atoms with E-state index < -0.39 is 0 Å². The SMILES string of the molecule is CC.CCN1C2CCC(C(C)C2)C1C. The maximum atomic E-state index is 2.72. The van der Waals surface area contributed by atoms with Crippen molar-refractivity contribution >= 4 is 0 Å². The fourth-order valence-corrected chi connectivity index (χ4v) is 3.53. The van der Waals surface area contributed by atoms with Crippen LogP contribution in [-0.4, -0.2) is 23.5 Å². The van der Waals surface area contributed by atoms with E-state index in [1.54, 1.807) is 0 Å². The van der Waals surface area contributed by atoms with E-state index in [4.69, 9.17) is 0 Å². The molecule has 3 aliphatic rings. The van der Waals surface area contributed by atoms with Gasteiger partial charge in [0.15, 0.2) is 0 Å². The predicted octanol–water partition coefficient (Wildman–Crippen LogP) is 3.54. The third-order valence-electron chi connectivity index (χ3n) is 4.18. The van der Waals surface area contributed by atoms with Gasteiger partial charge in [0.05, 0.1) is 0 Å². The molecule has 0 spiro atoms. The molecule has 3 rings (SSSR count). The number of hydrogen-bond donors (Lipinski definition) is 0. The first-order valence-corrected chi connectivity index (χ1v) is 6.49. The number of fused-ring (bicyclic) bond motifs is 3. The molecule has 84 valence electrons. The summed E-state index contributed by atoms with van der Waals surface area (Å²) >= 11 is 0. The fraction of sp³-hybridized carbons (Fsp3) is 1.00. The van der Waals surface area contributed by atoms with Crippen LogP contribution in [0, 0.1) is 11.8 Å². The summed E-state index contributed by atoms with van der Waals surface area (Å²) in [4.78, 5) is 2.72. The molecule has 0 aromatic carbocycles. The Labute approximate surface area is 89.9 Å². The maximum Gasteiger partial charge on any atom is 0.0101 e. The van der Waals surface area contributed by atoms with E-state index in [0.717, 1.165) is 23.9 Å². The van der Waals surface area contributed by atoms with Crippen LogP contribution in [-0.2, 0) is 0 Å². The van der Waals surface area contributed by atoms with Gasteiger partial charge >= 0.3 is 0 Å². The molecule has 0 aromatic heterocycles. The molecular formula is C13H27N. The molecule has 2 bridgehead atoms. The van der Waals surface area contributed by atoms with E-state index in [0.29, 0.717) is 0 Å². The van der Waals surface area contributed by atoms with Crippen molar-refractivity contribution < 1.29 is 0 Å². The van der Waals surface area contributed by atoms with Gasteiger partial charge in [0.2, 0.25) is 0 Å². The van der Waals surface area contributed by atoms with Gasteiger partial charge in [-0.1, -0.05) is 27.7 Å². The monoisotopic (exact) mass is 197 g/mol. The van der Waals surface area contributed by atoms with Crippen LogP contribution in [0.3, 0.4) is 0 Å². The van der Waals surface area contributed by atoms with Crippen molar-refractivity contribution in [1.29, 1.82) is 0 Å². The lowest BCUT2D eigenvalue weighted by Gasteiger charge is -2.53. The highest BCUT2D eigenvalue weighted by Crippen LogP contribution is 2.42. The molecular weight excluding hydrogens is 170 g/mol. The molecule has 4 atom stereocenters. The fourth-order valence-electron chi connectivity index (χ4n) is 3.53. The first kappa shape index (κ1) is 12.0. The number of rotatable bonds is 1. The van der Waals surface area contributed by atoms with E-state index >= 15 is 0 Å². The van der Waals surface area contributed by atoms with Crippen LogP contribution in [0.1, 0.15) is 53.9 Å². The average molecular weight is 197 g/mol. The highest BCUT2D eigenvalue weighted by molar-refractivity contribution is 4.95. The summed E-state index contributed by atoms with van der Waals surface area (Å²) in [6, 6.07) is 1.78. The smallest absolute Gasteiger partial charge is 0.0101 e. The Morgan fingerprint density at radius 3 is 2.21 bits per heavy atom. The third kappa shape index (κ3) is 1.98. The van der Waals surface area contributed by atoms with Gasteiger partial charge in [-0.05, 0) is 44.6 Å². The highest BCUT2D eigenvalue weighted by Gasteiger charge is 2.42. The minimum atomic E-state index is 0.859. The Morgan fingerprint density at radius 1 is 1.14 bits per heavy atom. The molecule has 0 radical (unpaired) electrons. The minimum absolute atomic E-state index is 0.859. The summed E-state index contributed by atoms with van der Waals surface area (Å²) in [5.41, 5.74) is 0. The zero-order valence-corrected chi connectivity index (χ0v) is 10.6. The van der Waals surface area contributed by atoms with E-state index in [-0.39, 0.29) is 0 Å². The van der Waals surface area contributed by atoms with Crippen molar-refractivity contribution in [2.45, 2.75) is 66.0 Å². The third-order valence-corrected chi connectivity index (χ3v) is 4.18. The van der Waals surface area contributed by atoms with Crippen molar-refractivity contribution in [1.82, 2.24) is 4.90 Å². The summed E-state index contributed by atoms with van der Waals surface area (Å²) < 4.78 is 0. The van der Waals surface area contributed by atoms with E-state index in [1.165, 1.54) is 25.8 Å². The standard InChI is InChI=1S/C11H21N.C2H6/c1-4-12-9(3)11-6-5-10(12)7-8(11)2;1-2/h8-11H,4-7H2,1-3H3;1-2H3. The van der Waals surface area contributed by atoms with Crippen LogP contribution in [0.4, 0.5) is 0 Å². The van der Waals surface area contributed by atoms with Gasteiger partial charge in [0.1, 0.15) is 0 Å². The summed E-state index contributed by atoms with van der Waals surface area (Å²) in [5, 5.41) is 0. The van der Waals surface area contributed by atoms with Crippen LogP contribution in [0.25, 0.3) is 0 Å². The number of nitrogens with zero attached hydrogens (tertiary/aromatic N) is 1. The van der Waals surface area contributed by atoms with Gasteiger partial charge in [0, 0.05) is 12.1 Å². The summed E-state index contributed by atoms with van der Waals surface area (Å²) in [5.74, 6) is 1.98. The second-order valence-electron chi connectivity index (χ2n) is 4.68. The molecule has 3 fully saturated rings. The first-order chi connectivity index (χ1) is 6.74. The molecule has 2 heterocycles. The van der Waals surface area contributed by atoms with Crippen molar-refractivity contribution in [3.8, 4) is 0 Å². The lowest BCUT2D eigenvalue weighted by molar-refractivity contribution is -0.0325. The van der Waals surface area contributed by atoms with Crippen molar-refractivity contribution in [3.63, 3.8) is 0 Å². The van der Waals surface area contributed by atoms with Gasteiger partial charge in [-0.3, -0.25) is 4.90 Å². The zero-order valence-electron chi connectivity index (χ0n) is 10.6. The van der Waals surface area contributed by atoms with Crippen LogP contribution in [0.2, 0.25) is 0 Å². The van der Waals surface area contributed by atoms with E-state index in [9.17, 15) is 0 Å². The van der Waals surface area contributed by atoms with Gasteiger partial charge in [-0.15, -0.1) is 0 Å². The van der Waals surface area contributed by atoms with Crippen molar-refractivity contribution in [2.24, 2.45) is 11.8 Å². The second-order valence-corrected chi connectivity index (χ2v) is 4.68. The largest absolute Gasteiger partial charge is 0.298 e. The van der Waals surface area contributed by atoms with Gasteiger partial charge in [0.25, 0.3) is 0 Å². The van der Waals surface area contributed by atoms with Crippen LogP contribution in [0.15, 0.2) is 0 Å². The van der Waals surface area contributed by atoms with Crippen LogP contribution in [0.5, 0.6) is 0 Å². The quantitative estimate of drug-likeness (QED) is 0.621. The van der Waals surface area contributed by atoms with Crippen LogP contribution >= 0.6 is 0 Å². The molecule has 0 N–H and O–H groups in total. The second kappa shape index (κ2) is 5.16. The molecule has 1 aliphatic carbocycles. The molecule has 14 heavy (non-hydrogen) atoms. The van der Waals surface area contributed by atoms with Crippen molar-refractivity contribution in [3.05, 3.63) is 0 Å².